The summed E-state index contributed by atoms with van der Waals surface area (Å²) in [5.41, 5.74) is 8.46. The van der Waals surface area contributed by atoms with Crippen LogP contribution in [0.1, 0.15) is 0 Å². The number of nitrogens with zero attached hydrogens (tertiary/aromatic N) is 2. The zero-order valence-corrected chi connectivity index (χ0v) is 10.5. The van der Waals surface area contributed by atoms with Gasteiger partial charge in [-0.3, -0.25) is 0 Å². The number of nitrogen functional groups attached to an aromatic ring is 1. The lowest BCUT2D eigenvalue weighted by Gasteiger charge is -1.96. The Balaban J connectivity index is 1.98. The maximum atomic E-state index is 5.66. The highest BCUT2D eigenvalue weighted by Crippen LogP contribution is 2.29. The number of aromatic nitrogens is 2. The van der Waals surface area contributed by atoms with Crippen molar-refractivity contribution in [2.24, 2.45) is 0 Å². The lowest BCUT2D eigenvalue weighted by atomic mass is 10.2. The van der Waals surface area contributed by atoms with Gasteiger partial charge in [-0.05, 0) is 24.3 Å². The molecule has 0 bridgehead atoms. The average molecular weight is 259 g/mol. The molecule has 2 aromatic heterocycles. The fourth-order valence-corrected chi connectivity index (χ4v) is 2.96. The number of hydrogen-bond donors (Lipinski definition) is 1. The molecular weight excluding hydrogens is 250 g/mol. The number of thiazole rings is 2. The minimum Gasteiger partial charge on any atom is -0.399 e. The summed E-state index contributed by atoms with van der Waals surface area (Å²) in [6.45, 7) is 0. The molecular formula is C12H9N3S2. The zero-order chi connectivity index (χ0) is 11.7. The largest absolute Gasteiger partial charge is 0.399 e. The molecule has 2 N–H and O–H groups in total. The van der Waals surface area contributed by atoms with Crippen LogP contribution in [0.4, 0.5) is 5.69 Å². The molecule has 3 nitrogen and oxygen atoms in total. The first kappa shape index (κ1) is 10.4. The van der Waals surface area contributed by atoms with Gasteiger partial charge in [-0.2, -0.15) is 0 Å². The van der Waals surface area contributed by atoms with E-state index in [4.69, 9.17) is 5.73 Å². The number of benzene rings is 1. The van der Waals surface area contributed by atoms with E-state index in [2.05, 4.69) is 9.97 Å². The van der Waals surface area contributed by atoms with Gasteiger partial charge in [0, 0.05) is 28.2 Å². The summed E-state index contributed by atoms with van der Waals surface area (Å²) in [5.74, 6) is 0. The van der Waals surface area contributed by atoms with E-state index in [1.54, 1.807) is 28.9 Å². The van der Waals surface area contributed by atoms with Gasteiger partial charge in [0.25, 0.3) is 0 Å². The molecule has 3 rings (SSSR count). The van der Waals surface area contributed by atoms with Crippen LogP contribution < -0.4 is 5.73 Å². The van der Waals surface area contributed by atoms with Gasteiger partial charge in [-0.15, -0.1) is 22.7 Å². The van der Waals surface area contributed by atoms with Gasteiger partial charge in [0.2, 0.25) is 0 Å². The topological polar surface area (TPSA) is 51.8 Å². The van der Waals surface area contributed by atoms with Crippen LogP contribution in [-0.4, -0.2) is 9.97 Å². The van der Waals surface area contributed by atoms with Crippen LogP contribution in [0.3, 0.4) is 0 Å². The van der Waals surface area contributed by atoms with Gasteiger partial charge in [-0.25, -0.2) is 9.97 Å². The monoisotopic (exact) mass is 259 g/mol. The lowest BCUT2D eigenvalue weighted by Crippen LogP contribution is -1.83. The molecule has 0 radical (unpaired) electrons. The highest BCUT2D eigenvalue weighted by atomic mass is 32.1. The predicted molar refractivity (Wildman–Crippen MR) is 73.1 cm³/mol. The Morgan fingerprint density at radius 3 is 2.53 bits per heavy atom. The fourth-order valence-electron chi connectivity index (χ4n) is 1.48. The Morgan fingerprint density at radius 1 is 1.00 bits per heavy atom. The van der Waals surface area contributed by atoms with Crippen molar-refractivity contribution in [2.45, 2.75) is 0 Å². The van der Waals surface area contributed by atoms with E-state index < -0.39 is 0 Å². The highest BCUT2D eigenvalue weighted by Gasteiger charge is 2.07. The maximum absolute atomic E-state index is 5.66. The smallest absolute Gasteiger partial charge is 0.142 e. The van der Waals surface area contributed by atoms with E-state index >= 15 is 0 Å². The van der Waals surface area contributed by atoms with Gasteiger partial charge in [0.1, 0.15) is 15.7 Å². The maximum Gasteiger partial charge on any atom is 0.142 e. The first-order valence-electron chi connectivity index (χ1n) is 5.04. The Hall–Kier alpha value is -1.72. The molecule has 0 amide bonds. The molecule has 0 saturated heterocycles. The van der Waals surface area contributed by atoms with E-state index in [0.29, 0.717) is 0 Å². The lowest BCUT2D eigenvalue weighted by molar-refractivity contribution is 1.34. The van der Waals surface area contributed by atoms with E-state index in [-0.39, 0.29) is 0 Å². The second kappa shape index (κ2) is 4.27. The molecule has 84 valence electrons. The highest BCUT2D eigenvalue weighted by molar-refractivity contribution is 7.15. The molecule has 0 spiro atoms. The van der Waals surface area contributed by atoms with Crippen LogP contribution in [0.5, 0.6) is 0 Å². The van der Waals surface area contributed by atoms with E-state index in [1.165, 1.54) is 0 Å². The van der Waals surface area contributed by atoms with Crippen molar-refractivity contribution >= 4 is 28.4 Å². The van der Waals surface area contributed by atoms with Crippen molar-refractivity contribution in [2.75, 3.05) is 5.73 Å². The van der Waals surface area contributed by atoms with Gasteiger partial charge < -0.3 is 5.73 Å². The number of hydrogen-bond acceptors (Lipinski definition) is 5. The minimum absolute atomic E-state index is 0.769. The molecule has 0 fully saturated rings. The number of rotatable bonds is 2. The third-order valence-electron chi connectivity index (χ3n) is 2.31. The second-order valence-electron chi connectivity index (χ2n) is 3.50. The van der Waals surface area contributed by atoms with Crippen molar-refractivity contribution < 1.29 is 0 Å². The molecule has 0 aliphatic heterocycles. The second-order valence-corrected chi connectivity index (χ2v) is 5.25. The van der Waals surface area contributed by atoms with Crippen molar-refractivity contribution in [3.05, 3.63) is 41.2 Å². The molecule has 17 heavy (non-hydrogen) atoms. The van der Waals surface area contributed by atoms with Crippen LogP contribution in [-0.2, 0) is 0 Å². The molecule has 3 aromatic rings. The van der Waals surface area contributed by atoms with Gasteiger partial charge in [-0.1, -0.05) is 0 Å². The summed E-state index contributed by atoms with van der Waals surface area (Å²) < 4.78 is 0. The van der Waals surface area contributed by atoms with Gasteiger partial charge >= 0.3 is 0 Å². The van der Waals surface area contributed by atoms with E-state index in [0.717, 1.165) is 27.0 Å². The van der Waals surface area contributed by atoms with Crippen LogP contribution in [0.2, 0.25) is 0 Å². The first-order chi connectivity index (χ1) is 8.33. The molecule has 2 heterocycles. The van der Waals surface area contributed by atoms with Crippen LogP contribution in [0.25, 0.3) is 21.3 Å². The van der Waals surface area contributed by atoms with Crippen molar-refractivity contribution in [3.63, 3.8) is 0 Å². The number of nitrogens with two attached hydrogens (primary N) is 1. The number of anilines is 1. The fraction of sp³-hybridized carbons (Fsp3) is 0. The van der Waals surface area contributed by atoms with E-state index in [1.807, 2.05) is 35.0 Å². The Morgan fingerprint density at radius 2 is 1.82 bits per heavy atom. The summed E-state index contributed by atoms with van der Waals surface area (Å²) >= 11 is 3.22. The zero-order valence-electron chi connectivity index (χ0n) is 8.83. The third kappa shape index (κ3) is 2.07. The molecule has 0 aliphatic rings. The minimum atomic E-state index is 0.769. The summed E-state index contributed by atoms with van der Waals surface area (Å²) in [5, 5.41) is 5.94. The molecule has 5 heteroatoms. The summed E-state index contributed by atoms with van der Waals surface area (Å²) in [6, 6.07) is 7.75. The Kier molecular flexibility index (Phi) is 2.62. The predicted octanol–water partition coefficient (Wildman–Crippen LogP) is 3.52. The quantitative estimate of drug-likeness (QED) is 0.716. The summed E-state index contributed by atoms with van der Waals surface area (Å²) in [6.07, 6.45) is 1.79. The molecule has 1 aromatic carbocycles. The van der Waals surface area contributed by atoms with Crippen LogP contribution in [0, 0.1) is 0 Å². The molecule has 0 atom stereocenters. The standard InChI is InChI=1S/C12H9N3S2/c13-9-3-1-8(2-4-9)11-15-10(7-17-11)12-14-5-6-16-12/h1-7H,13H2. The van der Waals surface area contributed by atoms with E-state index in [9.17, 15) is 0 Å². The van der Waals surface area contributed by atoms with Gasteiger partial charge in [0.15, 0.2) is 0 Å². The van der Waals surface area contributed by atoms with Gasteiger partial charge in [0.05, 0.1) is 0 Å². The third-order valence-corrected chi connectivity index (χ3v) is 4.00. The first-order valence-corrected chi connectivity index (χ1v) is 6.80. The Labute approximate surface area is 107 Å². The van der Waals surface area contributed by atoms with Crippen molar-refractivity contribution in [1.29, 1.82) is 0 Å². The van der Waals surface area contributed by atoms with Crippen molar-refractivity contribution in [1.82, 2.24) is 9.97 Å². The summed E-state index contributed by atoms with van der Waals surface area (Å²) in [7, 11) is 0. The van der Waals surface area contributed by atoms with Crippen LogP contribution >= 0.6 is 22.7 Å². The Bertz CT molecular complexity index is 612. The summed E-state index contributed by atoms with van der Waals surface area (Å²) in [4.78, 5) is 8.83. The molecule has 0 unspecified atom stereocenters. The molecule has 0 saturated carbocycles. The average Bonchev–Trinajstić information content (AvgIpc) is 3.00. The van der Waals surface area contributed by atoms with Crippen molar-refractivity contribution in [3.8, 4) is 21.3 Å². The SMILES string of the molecule is Nc1ccc(-c2nc(-c3nccs3)cs2)cc1. The van der Waals surface area contributed by atoms with Crippen LogP contribution in [0.15, 0.2) is 41.2 Å². The normalized spacial score (nSPS) is 10.6. The molecule has 0 aliphatic carbocycles.